The van der Waals surface area contributed by atoms with Crippen molar-refractivity contribution in [1.82, 2.24) is 4.90 Å². The van der Waals surface area contributed by atoms with Crippen molar-refractivity contribution in [3.63, 3.8) is 0 Å². The maximum Gasteiger partial charge on any atom is 0.303 e. The summed E-state index contributed by atoms with van der Waals surface area (Å²) in [5.41, 5.74) is 2.53. The first-order chi connectivity index (χ1) is 11.0. The normalized spacial score (nSPS) is 18.0. The number of aliphatic carboxylic acids is 1. The Morgan fingerprint density at radius 3 is 2.65 bits per heavy atom. The first-order valence-electron chi connectivity index (χ1n) is 8.59. The highest BCUT2D eigenvalue weighted by Gasteiger charge is 2.23. The fourth-order valence-corrected chi connectivity index (χ4v) is 3.21. The maximum atomic E-state index is 12.3. The minimum atomic E-state index is -0.744. The number of amides is 1. The van der Waals surface area contributed by atoms with E-state index in [4.69, 9.17) is 5.11 Å². The average Bonchev–Trinajstić information content (AvgIpc) is 2.55. The van der Waals surface area contributed by atoms with Crippen molar-refractivity contribution in [2.75, 3.05) is 13.1 Å². The Kier molecular flexibility index (Phi) is 6.63. The molecule has 0 aliphatic carbocycles. The third-order valence-corrected chi connectivity index (χ3v) is 4.61. The number of benzene rings is 1. The first-order valence-corrected chi connectivity index (χ1v) is 8.59. The summed E-state index contributed by atoms with van der Waals surface area (Å²) in [6.45, 7) is 3.63. The zero-order valence-electron chi connectivity index (χ0n) is 14.0. The topological polar surface area (TPSA) is 57.6 Å². The second-order valence-corrected chi connectivity index (χ2v) is 6.62. The monoisotopic (exact) mass is 317 g/mol. The van der Waals surface area contributed by atoms with E-state index in [2.05, 4.69) is 31.2 Å². The average molecular weight is 317 g/mol. The lowest BCUT2D eigenvalue weighted by Gasteiger charge is -2.32. The number of aryl methyl sites for hydroxylation is 2. The predicted molar refractivity (Wildman–Crippen MR) is 90.3 cm³/mol. The van der Waals surface area contributed by atoms with Crippen molar-refractivity contribution < 1.29 is 14.7 Å². The number of piperidine rings is 1. The van der Waals surface area contributed by atoms with Gasteiger partial charge in [0, 0.05) is 25.9 Å². The molecule has 1 unspecified atom stereocenters. The standard InChI is InChI=1S/C19H27NO3/c1-15-7-9-16(10-8-15)4-2-6-18(21)20-13-3-5-17(14-20)11-12-19(22)23/h7-10,17H,2-6,11-14H2,1H3,(H,22,23). The van der Waals surface area contributed by atoms with Crippen molar-refractivity contribution in [2.24, 2.45) is 5.92 Å². The van der Waals surface area contributed by atoms with E-state index in [0.717, 1.165) is 38.8 Å². The van der Waals surface area contributed by atoms with Crippen molar-refractivity contribution in [3.8, 4) is 0 Å². The zero-order valence-corrected chi connectivity index (χ0v) is 14.0. The Labute approximate surface area is 138 Å². The van der Waals surface area contributed by atoms with Crippen LogP contribution in [0, 0.1) is 12.8 Å². The van der Waals surface area contributed by atoms with Gasteiger partial charge in [0.1, 0.15) is 0 Å². The van der Waals surface area contributed by atoms with E-state index in [0.29, 0.717) is 18.8 Å². The molecule has 4 nitrogen and oxygen atoms in total. The molecule has 23 heavy (non-hydrogen) atoms. The Morgan fingerprint density at radius 1 is 1.22 bits per heavy atom. The molecule has 126 valence electrons. The molecule has 1 aliphatic heterocycles. The van der Waals surface area contributed by atoms with Crippen molar-refractivity contribution in [3.05, 3.63) is 35.4 Å². The van der Waals surface area contributed by atoms with Gasteiger partial charge in [-0.05, 0) is 50.5 Å². The van der Waals surface area contributed by atoms with Crippen molar-refractivity contribution in [1.29, 1.82) is 0 Å². The summed E-state index contributed by atoms with van der Waals surface area (Å²) in [6, 6.07) is 8.47. The van der Waals surface area contributed by atoms with Gasteiger partial charge in [0.15, 0.2) is 0 Å². The van der Waals surface area contributed by atoms with Crippen LogP contribution in [0.3, 0.4) is 0 Å². The number of rotatable bonds is 7. The Bertz CT molecular complexity index is 524. The molecule has 0 aromatic heterocycles. The van der Waals surface area contributed by atoms with Crippen molar-refractivity contribution in [2.45, 2.75) is 51.9 Å². The third-order valence-electron chi connectivity index (χ3n) is 4.61. The summed E-state index contributed by atoms with van der Waals surface area (Å²) >= 11 is 0. The molecule has 1 aromatic rings. The van der Waals surface area contributed by atoms with Crippen molar-refractivity contribution >= 4 is 11.9 Å². The summed E-state index contributed by atoms with van der Waals surface area (Å²) in [4.78, 5) is 24.9. The minimum Gasteiger partial charge on any atom is -0.481 e. The fraction of sp³-hybridized carbons (Fsp3) is 0.579. The summed E-state index contributed by atoms with van der Waals surface area (Å²) in [6.07, 6.45) is 5.32. The van der Waals surface area contributed by atoms with E-state index in [1.807, 2.05) is 4.90 Å². The molecule has 1 aliphatic rings. The Balaban J connectivity index is 1.72. The van der Waals surface area contributed by atoms with Crippen LogP contribution in [0.1, 0.15) is 49.7 Å². The van der Waals surface area contributed by atoms with Crippen LogP contribution in [0.25, 0.3) is 0 Å². The second kappa shape index (κ2) is 8.70. The molecule has 1 heterocycles. The predicted octanol–water partition coefficient (Wildman–Crippen LogP) is 3.42. The molecule has 0 spiro atoms. The number of likely N-dealkylation sites (tertiary alicyclic amines) is 1. The largest absolute Gasteiger partial charge is 0.481 e. The molecule has 2 rings (SSSR count). The Morgan fingerprint density at radius 2 is 1.96 bits per heavy atom. The van der Waals surface area contributed by atoms with Gasteiger partial charge in [-0.25, -0.2) is 0 Å². The zero-order chi connectivity index (χ0) is 16.7. The Hall–Kier alpha value is -1.84. The molecule has 1 saturated heterocycles. The number of carbonyl (C=O) groups is 2. The number of hydrogen-bond acceptors (Lipinski definition) is 2. The van der Waals surface area contributed by atoms with Gasteiger partial charge in [-0.3, -0.25) is 9.59 Å². The molecule has 0 radical (unpaired) electrons. The van der Waals surface area contributed by atoms with Crippen LogP contribution in [0.4, 0.5) is 0 Å². The molecule has 1 N–H and O–H groups in total. The maximum absolute atomic E-state index is 12.3. The van der Waals surface area contributed by atoms with E-state index in [-0.39, 0.29) is 12.3 Å². The summed E-state index contributed by atoms with van der Waals surface area (Å²) in [7, 11) is 0. The summed E-state index contributed by atoms with van der Waals surface area (Å²) in [5.74, 6) is -0.176. The van der Waals surface area contributed by atoms with Crippen LogP contribution in [0.15, 0.2) is 24.3 Å². The smallest absolute Gasteiger partial charge is 0.303 e. The van der Waals surface area contributed by atoms with Crippen LogP contribution in [-0.2, 0) is 16.0 Å². The minimum absolute atomic E-state index is 0.208. The molecule has 0 bridgehead atoms. The van der Waals surface area contributed by atoms with E-state index in [1.54, 1.807) is 0 Å². The third kappa shape index (κ3) is 6.05. The lowest BCUT2D eigenvalue weighted by Crippen LogP contribution is -2.40. The van der Waals surface area contributed by atoms with Crippen LogP contribution >= 0.6 is 0 Å². The van der Waals surface area contributed by atoms with Gasteiger partial charge in [0.2, 0.25) is 5.91 Å². The molecule has 1 fully saturated rings. The molecular weight excluding hydrogens is 290 g/mol. The van der Waals surface area contributed by atoms with Gasteiger partial charge >= 0.3 is 5.97 Å². The number of nitrogens with zero attached hydrogens (tertiary/aromatic N) is 1. The second-order valence-electron chi connectivity index (χ2n) is 6.62. The van der Waals surface area contributed by atoms with Gasteiger partial charge in [0.05, 0.1) is 0 Å². The molecule has 0 saturated carbocycles. The highest BCUT2D eigenvalue weighted by Crippen LogP contribution is 2.22. The summed E-state index contributed by atoms with van der Waals surface area (Å²) < 4.78 is 0. The lowest BCUT2D eigenvalue weighted by atomic mass is 9.93. The van der Waals surface area contributed by atoms with Gasteiger partial charge in [0.25, 0.3) is 0 Å². The molecule has 1 aromatic carbocycles. The molecule has 4 heteroatoms. The SMILES string of the molecule is Cc1ccc(CCCC(=O)N2CCCC(CCC(=O)O)C2)cc1. The van der Waals surface area contributed by atoms with Gasteiger partial charge < -0.3 is 10.0 Å². The highest BCUT2D eigenvalue weighted by molar-refractivity contribution is 5.76. The fourth-order valence-electron chi connectivity index (χ4n) is 3.21. The van der Waals surface area contributed by atoms with E-state index in [9.17, 15) is 9.59 Å². The number of carboxylic acids is 1. The van der Waals surface area contributed by atoms with Crippen LogP contribution in [-0.4, -0.2) is 35.0 Å². The molecular formula is C19H27NO3. The van der Waals surface area contributed by atoms with Gasteiger partial charge in [-0.1, -0.05) is 29.8 Å². The highest BCUT2D eigenvalue weighted by atomic mass is 16.4. The van der Waals surface area contributed by atoms with E-state index >= 15 is 0 Å². The number of hydrogen-bond donors (Lipinski definition) is 1. The number of carboxylic acid groups (broad SMARTS) is 1. The van der Waals surface area contributed by atoms with E-state index < -0.39 is 5.97 Å². The first kappa shape index (κ1) is 17.5. The van der Waals surface area contributed by atoms with Gasteiger partial charge in [-0.2, -0.15) is 0 Å². The number of carbonyl (C=O) groups excluding carboxylic acids is 1. The van der Waals surface area contributed by atoms with Crippen LogP contribution < -0.4 is 0 Å². The molecule has 1 amide bonds. The summed E-state index contributed by atoms with van der Waals surface area (Å²) in [5, 5.41) is 8.78. The van der Waals surface area contributed by atoms with Gasteiger partial charge in [-0.15, -0.1) is 0 Å². The van der Waals surface area contributed by atoms with E-state index in [1.165, 1.54) is 11.1 Å². The molecule has 1 atom stereocenters. The van der Waals surface area contributed by atoms with Crippen LogP contribution in [0.5, 0.6) is 0 Å². The van der Waals surface area contributed by atoms with Crippen LogP contribution in [0.2, 0.25) is 0 Å². The lowest BCUT2D eigenvalue weighted by molar-refractivity contribution is -0.137. The quantitative estimate of drug-likeness (QED) is 0.838.